The lowest BCUT2D eigenvalue weighted by atomic mass is 9.92. The van der Waals surface area contributed by atoms with Crippen molar-refractivity contribution in [3.05, 3.63) is 0 Å². The van der Waals surface area contributed by atoms with Crippen LogP contribution in [0.25, 0.3) is 0 Å². The first-order chi connectivity index (χ1) is 27.9. The fraction of sp³-hybridized carbons (Fsp3) is 0.961. The minimum Gasteiger partial charge on any atom is -0.466 e. The molecule has 6 heteroatoms. The molecule has 0 atom stereocenters. The third kappa shape index (κ3) is 38.8. The van der Waals surface area contributed by atoms with E-state index in [1.807, 2.05) is 0 Å². The van der Waals surface area contributed by atoms with Gasteiger partial charge in [0, 0.05) is 19.4 Å². The highest BCUT2D eigenvalue weighted by Gasteiger charge is 2.13. The van der Waals surface area contributed by atoms with E-state index in [-0.39, 0.29) is 11.9 Å². The van der Waals surface area contributed by atoms with Gasteiger partial charge < -0.3 is 19.1 Å². The average molecular weight is 808 g/mol. The number of ether oxygens (including phenoxy) is 3. The Morgan fingerprint density at radius 2 is 0.754 bits per heavy atom. The lowest BCUT2D eigenvalue weighted by Crippen LogP contribution is -2.24. The van der Waals surface area contributed by atoms with Crippen molar-refractivity contribution >= 4 is 11.9 Å². The lowest BCUT2D eigenvalue weighted by molar-refractivity contribution is -0.145. The summed E-state index contributed by atoms with van der Waals surface area (Å²) in [6, 6.07) is 0. The van der Waals surface area contributed by atoms with Crippen LogP contribution in [0.4, 0.5) is 0 Å². The van der Waals surface area contributed by atoms with Gasteiger partial charge in [-0.25, -0.2) is 0 Å². The molecule has 0 heterocycles. The maximum absolute atomic E-state index is 12.4. The molecule has 0 radical (unpaired) electrons. The van der Waals surface area contributed by atoms with Crippen LogP contribution in [0.3, 0.4) is 0 Å². The van der Waals surface area contributed by atoms with Crippen LogP contribution >= 0.6 is 0 Å². The van der Waals surface area contributed by atoms with Crippen LogP contribution < -0.4 is 0 Å². The van der Waals surface area contributed by atoms with Crippen LogP contribution in [0.1, 0.15) is 260 Å². The molecule has 0 bridgehead atoms. The van der Waals surface area contributed by atoms with E-state index in [0.29, 0.717) is 44.0 Å². The Bertz CT molecular complexity index is 756. The summed E-state index contributed by atoms with van der Waals surface area (Å²) in [7, 11) is 0. The zero-order valence-electron chi connectivity index (χ0n) is 39.5. The van der Waals surface area contributed by atoms with Gasteiger partial charge in [-0.15, -0.1) is 0 Å². The van der Waals surface area contributed by atoms with E-state index in [9.17, 15) is 9.59 Å². The second kappa shape index (κ2) is 44.4. The van der Waals surface area contributed by atoms with Crippen molar-refractivity contribution in [2.45, 2.75) is 266 Å². The molecule has 0 fully saturated rings. The SMILES string of the molecule is CCCCCC(CCCCC)CCOC(=O)CCCCCCCC(CCCCCCCC(=O)OCCC(CCCCC)CCCCC)OCCCCN(CC)CC. The van der Waals surface area contributed by atoms with Gasteiger partial charge in [0.05, 0.1) is 19.3 Å². The molecular weight excluding hydrogens is 707 g/mol. The quantitative estimate of drug-likeness (QED) is 0.0451. The smallest absolute Gasteiger partial charge is 0.305 e. The van der Waals surface area contributed by atoms with Gasteiger partial charge in [0.25, 0.3) is 0 Å². The van der Waals surface area contributed by atoms with Crippen molar-refractivity contribution in [1.82, 2.24) is 4.90 Å². The maximum atomic E-state index is 12.4. The summed E-state index contributed by atoms with van der Waals surface area (Å²) in [6.07, 6.45) is 40.2. The van der Waals surface area contributed by atoms with E-state index in [1.165, 1.54) is 154 Å². The molecule has 0 amide bonds. The van der Waals surface area contributed by atoms with Crippen LogP contribution in [-0.4, -0.2) is 62.4 Å². The van der Waals surface area contributed by atoms with E-state index in [0.717, 1.165) is 77.5 Å². The molecule has 0 aliphatic rings. The lowest BCUT2D eigenvalue weighted by Gasteiger charge is -2.20. The van der Waals surface area contributed by atoms with Crippen LogP contribution in [0.15, 0.2) is 0 Å². The Morgan fingerprint density at radius 3 is 1.14 bits per heavy atom. The number of esters is 2. The molecule has 0 saturated heterocycles. The van der Waals surface area contributed by atoms with Crippen LogP contribution in [0, 0.1) is 11.8 Å². The van der Waals surface area contributed by atoms with Crippen molar-refractivity contribution in [3.63, 3.8) is 0 Å². The van der Waals surface area contributed by atoms with Crippen molar-refractivity contribution in [2.24, 2.45) is 11.8 Å². The average Bonchev–Trinajstić information content (AvgIpc) is 3.21. The first-order valence-corrected chi connectivity index (χ1v) is 25.6. The molecular formula is C51H101NO5. The zero-order chi connectivity index (χ0) is 41.9. The topological polar surface area (TPSA) is 65.1 Å². The van der Waals surface area contributed by atoms with Crippen molar-refractivity contribution in [3.8, 4) is 0 Å². The molecule has 57 heavy (non-hydrogen) atoms. The third-order valence-electron chi connectivity index (χ3n) is 12.4. The van der Waals surface area contributed by atoms with Crippen LogP contribution in [0.5, 0.6) is 0 Å². The van der Waals surface area contributed by atoms with Crippen LogP contribution in [0.2, 0.25) is 0 Å². The standard InChI is InChI=1S/C51H101NO5/c1-7-13-23-33-47(34-24-14-8-2)41-45-56-50(53)39-29-21-17-19-27-37-49(55-44-32-31-43-52(11-5)12-6)38-28-20-18-22-30-40-51(54)57-46-42-48(35-25-15-9-3)36-26-16-10-4/h47-49H,7-46H2,1-6H3. The molecule has 0 N–H and O–H groups in total. The van der Waals surface area contributed by atoms with Gasteiger partial charge in [0.1, 0.15) is 0 Å². The Kier molecular flexibility index (Phi) is 43.5. The minimum absolute atomic E-state index is 0.0000526. The molecule has 0 rings (SSSR count). The number of carbonyl (C=O) groups is 2. The Labute approximate surface area is 356 Å². The summed E-state index contributed by atoms with van der Waals surface area (Å²) in [5.74, 6) is 1.43. The molecule has 6 nitrogen and oxygen atoms in total. The third-order valence-corrected chi connectivity index (χ3v) is 12.4. The summed E-state index contributed by atoms with van der Waals surface area (Å²) in [4.78, 5) is 27.3. The first-order valence-electron chi connectivity index (χ1n) is 25.6. The molecule has 0 aliphatic heterocycles. The van der Waals surface area contributed by atoms with Crippen LogP contribution in [-0.2, 0) is 23.8 Å². The molecule has 0 aromatic rings. The fourth-order valence-corrected chi connectivity index (χ4v) is 8.30. The number of nitrogens with zero attached hydrogens (tertiary/aromatic N) is 1. The molecule has 0 saturated carbocycles. The van der Waals surface area contributed by atoms with E-state index in [1.54, 1.807) is 0 Å². The molecule has 0 aromatic heterocycles. The number of hydrogen-bond acceptors (Lipinski definition) is 6. The molecule has 0 aliphatic carbocycles. The predicted octanol–water partition coefficient (Wildman–Crippen LogP) is 15.4. The fourth-order valence-electron chi connectivity index (χ4n) is 8.30. The summed E-state index contributed by atoms with van der Waals surface area (Å²) < 4.78 is 17.8. The van der Waals surface area contributed by atoms with Gasteiger partial charge in [-0.3, -0.25) is 9.59 Å². The van der Waals surface area contributed by atoms with Crippen molar-refractivity contribution < 1.29 is 23.8 Å². The minimum atomic E-state index is -0.0000526. The number of hydrogen-bond donors (Lipinski definition) is 0. The molecule has 340 valence electrons. The van der Waals surface area contributed by atoms with Gasteiger partial charge in [0.2, 0.25) is 0 Å². The first kappa shape index (κ1) is 55.9. The van der Waals surface area contributed by atoms with E-state index in [4.69, 9.17) is 14.2 Å². The summed E-state index contributed by atoms with van der Waals surface area (Å²) in [5.41, 5.74) is 0. The monoisotopic (exact) mass is 808 g/mol. The summed E-state index contributed by atoms with van der Waals surface area (Å²) >= 11 is 0. The number of rotatable bonds is 46. The number of carbonyl (C=O) groups excluding carboxylic acids is 2. The highest BCUT2D eigenvalue weighted by Crippen LogP contribution is 2.23. The highest BCUT2D eigenvalue weighted by atomic mass is 16.5. The van der Waals surface area contributed by atoms with Crippen molar-refractivity contribution in [2.75, 3.05) is 39.5 Å². The maximum Gasteiger partial charge on any atom is 0.305 e. The van der Waals surface area contributed by atoms with Gasteiger partial charge in [-0.1, -0.05) is 196 Å². The highest BCUT2D eigenvalue weighted by molar-refractivity contribution is 5.69. The molecule has 0 unspecified atom stereocenters. The van der Waals surface area contributed by atoms with Gasteiger partial charge in [-0.2, -0.15) is 0 Å². The second-order valence-corrected chi connectivity index (χ2v) is 17.6. The predicted molar refractivity (Wildman–Crippen MR) is 246 cm³/mol. The van der Waals surface area contributed by atoms with Crippen molar-refractivity contribution in [1.29, 1.82) is 0 Å². The molecule has 0 aromatic carbocycles. The van der Waals surface area contributed by atoms with Gasteiger partial charge >= 0.3 is 11.9 Å². The summed E-state index contributed by atoms with van der Waals surface area (Å²) in [6.45, 7) is 19.1. The normalized spacial score (nSPS) is 11.8. The molecule has 0 spiro atoms. The number of unbranched alkanes of at least 4 members (excludes halogenated alkanes) is 17. The summed E-state index contributed by atoms with van der Waals surface area (Å²) in [5, 5.41) is 0. The Balaban J connectivity index is 4.34. The van der Waals surface area contributed by atoms with Gasteiger partial charge in [0.15, 0.2) is 0 Å². The Morgan fingerprint density at radius 1 is 0.386 bits per heavy atom. The Hall–Kier alpha value is -1.14. The van der Waals surface area contributed by atoms with E-state index < -0.39 is 0 Å². The largest absolute Gasteiger partial charge is 0.466 e. The van der Waals surface area contributed by atoms with E-state index in [2.05, 4.69) is 46.4 Å². The van der Waals surface area contributed by atoms with Gasteiger partial charge in [-0.05, 0) is 82.8 Å². The second-order valence-electron chi connectivity index (χ2n) is 17.6. The van der Waals surface area contributed by atoms with E-state index >= 15 is 0 Å². The zero-order valence-corrected chi connectivity index (χ0v) is 39.5.